The number of hydrogen-bond acceptors (Lipinski definition) is 3. The van der Waals surface area contributed by atoms with Crippen LogP contribution in [0.3, 0.4) is 0 Å². The first-order valence-electron chi connectivity index (χ1n) is 2.89. The molecule has 0 aliphatic carbocycles. The summed E-state index contributed by atoms with van der Waals surface area (Å²) in [5, 5.41) is 0. The number of rotatable bonds is 3. The van der Waals surface area contributed by atoms with Gasteiger partial charge in [-0.2, -0.15) is 0 Å². The van der Waals surface area contributed by atoms with Gasteiger partial charge in [0, 0.05) is 0 Å². The van der Waals surface area contributed by atoms with Gasteiger partial charge in [0.25, 0.3) is 0 Å². The van der Waals surface area contributed by atoms with Crippen LogP contribution in [0.15, 0.2) is 11.6 Å². The van der Waals surface area contributed by atoms with Crippen LogP contribution in [0.4, 0.5) is 0 Å². The number of ether oxygens (including phenoxy) is 1. The van der Waals surface area contributed by atoms with E-state index in [1.165, 1.54) is 13.2 Å². The van der Waals surface area contributed by atoms with E-state index in [1.807, 2.05) is 0 Å². The van der Waals surface area contributed by atoms with E-state index in [9.17, 15) is 9.59 Å². The van der Waals surface area contributed by atoms with Crippen LogP contribution in [-0.2, 0) is 14.3 Å². The first-order valence-corrected chi connectivity index (χ1v) is 2.89. The topological polar surface area (TPSA) is 43.4 Å². The third-order valence-corrected chi connectivity index (χ3v) is 1.00. The zero-order chi connectivity index (χ0) is 7.98. The lowest BCUT2D eigenvalue weighted by Gasteiger charge is -1.91. The Morgan fingerprint density at radius 3 is 2.60 bits per heavy atom. The number of hydrogen-bond donors (Lipinski definition) is 0. The molecule has 0 radical (unpaired) electrons. The second kappa shape index (κ2) is 4.73. The molecule has 0 heterocycles. The molecule has 0 unspecified atom stereocenters. The van der Waals surface area contributed by atoms with Crippen molar-refractivity contribution >= 4 is 12.3 Å². The van der Waals surface area contributed by atoms with Gasteiger partial charge in [0.15, 0.2) is 0 Å². The Bertz CT molecular complexity index is 158. The molecule has 3 heteroatoms. The van der Waals surface area contributed by atoms with E-state index >= 15 is 0 Å². The minimum atomic E-state index is -0.332. The molecule has 0 saturated heterocycles. The fourth-order valence-corrected chi connectivity index (χ4v) is 0.376. The maximum absolute atomic E-state index is 10.4. The minimum absolute atomic E-state index is 0.168. The highest BCUT2D eigenvalue weighted by Crippen LogP contribution is 1.92. The highest BCUT2D eigenvalue weighted by atomic mass is 16.5. The molecule has 10 heavy (non-hydrogen) atoms. The molecule has 0 fully saturated rings. The van der Waals surface area contributed by atoms with Gasteiger partial charge in [-0.1, -0.05) is 6.08 Å². The van der Waals surface area contributed by atoms with Crippen LogP contribution in [0.1, 0.15) is 13.3 Å². The van der Waals surface area contributed by atoms with Crippen LogP contribution in [0.2, 0.25) is 0 Å². The third kappa shape index (κ3) is 3.83. The lowest BCUT2D eigenvalue weighted by molar-refractivity contribution is -0.139. The summed E-state index contributed by atoms with van der Waals surface area (Å²) in [4.78, 5) is 20.4. The van der Waals surface area contributed by atoms with Gasteiger partial charge in [-0.3, -0.25) is 9.59 Å². The molecule has 3 nitrogen and oxygen atoms in total. The second-order valence-corrected chi connectivity index (χ2v) is 1.85. The van der Waals surface area contributed by atoms with Gasteiger partial charge in [-0.25, -0.2) is 0 Å². The molecule has 56 valence electrons. The van der Waals surface area contributed by atoms with Crippen molar-refractivity contribution in [2.75, 3.05) is 7.11 Å². The maximum atomic E-state index is 10.4. The van der Waals surface area contributed by atoms with E-state index in [1.54, 1.807) is 6.92 Å². The first kappa shape index (κ1) is 8.88. The summed E-state index contributed by atoms with van der Waals surface area (Å²) in [6, 6.07) is 0. The van der Waals surface area contributed by atoms with Crippen molar-refractivity contribution in [1.82, 2.24) is 0 Å². The summed E-state index contributed by atoms with van der Waals surface area (Å²) in [6.07, 6.45) is 2.39. The van der Waals surface area contributed by atoms with Gasteiger partial charge in [0.2, 0.25) is 0 Å². The number of methoxy groups -OCH3 is 1. The number of carbonyl (C=O) groups is 2. The van der Waals surface area contributed by atoms with Crippen molar-refractivity contribution in [3.05, 3.63) is 11.6 Å². The minimum Gasteiger partial charge on any atom is -0.469 e. The van der Waals surface area contributed by atoms with E-state index in [2.05, 4.69) is 4.74 Å². The van der Waals surface area contributed by atoms with Crippen molar-refractivity contribution in [1.29, 1.82) is 0 Å². The fraction of sp³-hybridized carbons (Fsp3) is 0.429. The number of esters is 1. The highest BCUT2D eigenvalue weighted by Gasteiger charge is 1.94. The monoisotopic (exact) mass is 142 g/mol. The average molecular weight is 142 g/mol. The van der Waals surface area contributed by atoms with Crippen LogP contribution in [0, 0.1) is 0 Å². The molecule has 0 amide bonds. The molecule has 0 aromatic carbocycles. The highest BCUT2D eigenvalue weighted by molar-refractivity contribution is 5.76. The summed E-state index contributed by atoms with van der Waals surface area (Å²) < 4.78 is 4.35. The number of allylic oxidation sites excluding steroid dienone is 1. The molecule has 0 aromatic rings. The molecule has 0 aromatic heterocycles. The number of carbonyl (C=O) groups excluding carboxylic acids is 2. The Hall–Kier alpha value is -1.12. The Morgan fingerprint density at radius 1 is 1.60 bits per heavy atom. The molecular weight excluding hydrogens is 132 g/mol. The quantitative estimate of drug-likeness (QED) is 0.331. The zero-order valence-electron chi connectivity index (χ0n) is 6.09. The van der Waals surface area contributed by atoms with Crippen molar-refractivity contribution in [3.63, 3.8) is 0 Å². The summed E-state index contributed by atoms with van der Waals surface area (Å²) in [5.41, 5.74) is 0.547. The third-order valence-electron chi connectivity index (χ3n) is 1.00. The van der Waals surface area contributed by atoms with Crippen molar-refractivity contribution in [2.24, 2.45) is 0 Å². The molecule has 0 saturated carbocycles. The van der Waals surface area contributed by atoms with Crippen LogP contribution in [0.25, 0.3) is 0 Å². The fourth-order valence-electron chi connectivity index (χ4n) is 0.376. The van der Waals surface area contributed by atoms with Gasteiger partial charge in [-0.15, -0.1) is 0 Å². The Labute approximate surface area is 59.7 Å². The molecule has 0 rings (SSSR count). The summed E-state index contributed by atoms with van der Waals surface area (Å²) in [5.74, 6) is -0.332. The zero-order valence-corrected chi connectivity index (χ0v) is 6.09. The summed E-state index contributed by atoms with van der Waals surface area (Å²) >= 11 is 0. The van der Waals surface area contributed by atoms with Crippen molar-refractivity contribution in [3.8, 4) is 0 Å². The summed E-state index contributed by atoms with van der Waals surface area (Å²) in [7, 11) is 1.31. The van der Waals surface area contributed by atoms with Crippen LogP contribution < -0.4 is 0 Å². The van der Waals surface area contributed by atoms with Gasteiger partial charge in [0.1, 0.15) is 6.29 Å². The molecule has 0 aliphatic heterocycles. The maximum Gasteiger partial charge on any atom is 0.309 e. The van der Waals surface area contributed by atoms with E-state index in [0.717, 1.165) is 0 Å². The van der Waals surface area contributed by atoms with E-state index in [0.29, 0.717) is 11.9 Å². The second-order valence-electron chi connectivity index (χ2n) is 1.85. The van der Waals surface area contributed by atoms with E-state index in [4.69, 9.17) is 0 Å². The Kier molecular flexibility index (Phi) is 4.20. The van der Waals surface area contributed by atoms with Gasteiger partial charge < -0.3 is 4.74 Å². The van der Waals surface area contributed by atoms with E-state index < -0.39 is 0 Å². The smallest absolute Gasteiger partial charge is 0.309 e. The van der Waals surface area contributed by atoms with E-state index in [-0.39, 0.29) is 12.4 Å². The first-order chi connectivity index (χ1) is 4.70. The van der Waals surface area contributed by atoms with Gasteiger partial charge in [0.05, 0.1) is 13.5 Å². The summed E-state index contributed by atoms with van der Waals surface area (Å²) in [6.45, 7) is 1.63. The predicted octanol–water partition coefficient (Wildman–Crippen LogP) is 0.695. The largest absolute Gasteiger partial charge is 0.469 e. The molecule has 0 N–H and O–H groups in total. The molecular formula is C7H10O3. The molecule has 0 aliphatic rings. The molecule has 0 bridgehead atoms. The van der Waals surface area contributed by atoms with Gasteiger partial charge in [-0.05, 0) is 12.5 Å². The van der Waals surface area contributed by atoms with Crippen LogP contribution in [-0.4, -0.2) is 19.4 Å². The van der Waals surface area contributed by atoms with Crippen molar-refractivity contribution in [2.45, 2.75) is 13.3 Å². The Balaban J connectivity index is 3.71. The van der Waals surface area contributed by atoms with Crippen molar-refractivity contribution < 1.29 is 14.3 Å². The lowest BCUT2D eigenvalue weighted by atomic mass is 10.3. The standard InChI is InChI=1S/C7H10O3/c1-6(5-8)3-4-7(9)10-2/h3,5H,4H2,1-2H3/b6-3-. The Morgan fingerprint density at radius 2 is 2.20 bits per heavy atom. The average Bonchev–Trinajstić information content (AvgIpc) is 1.99. The molecule has 0 atom stereocenters. The SMILES string of the molecule is COC(=O)C/C=C(/C)C=O. The molecule has 0 spiro atoms. The van der Waals surface area contributed by atoms with Crippen LogP contribution in [0.5, 0.6) is 0 Å². The normalized spacial score (nSPS) is 10.8. The van der Waals surface area contributed by atoms with Gasteiger partial charge >= 0.3 is 5.97 Å². The number of aldehydes is 1. The van der Waals surface area contributed by atoms with Crippen LogP contribution >= 0.6 is 0 Å². The lowest BCUT2D eigenvalue weighted by Crippen LogP contribution is -1.97. The predicted molar refractivity (Wildman–Crippen MR) is 36.5 cm³/mol.